The van der Waals surface area contributed by atoms with Crippen molar-refractivity contribution in [3.63, 3.8) is 0 Å². The van der Waals surface area contributed by atoms with Crippen molar-refractivity contribution in [1.29, 1.82) is 0 Å². The van der Waals surface area contributed by atoms with Crippen LogP contribution in [0.3, 0.4) is 0 Å². The maximum Gasteiger partial charge on any atom is 0.311 e. The predicted molar refractivity (Wildman–Crippen MR) is 115 cm³/mol. The van der Waals surface area contributed by atoms with Gasteiger partial charge in [-0.15, -0.1) is 0 Å². The normalized spacial score (nSPS) is 10.7. The molecule has 1 rings (SSSR count). The van der Waals surface area contributed by atoms with E-state index in [2.05, 4.69) is 6.92 Å². The van der Waals surface area contributed by atoms with Crippen LogP contribution < -0.4 is 4.74 Å². The van der Waals surface area contributed by atoms with E-state index in [1.54, 1.807) is 0 Å². The van der Waals surface area contributed by atoms with Gasteiger partial charge >= 0.3 is 11.9 Å². The van der Waals surface area contributed by atoms with Crippen molar-refractivity contribution < 1.29 is 19.1 Å². The first-order chi connectivity index (χ1) is 13.4. The predicted octanol–water partition coefficient (Wildman–Crippen LogP) is 7.41. The van der Waals surface area contributed by atoms with Crippen LogP contribution in [-0.4, -0.2) is 18.5 Å². The molecule has 0 heterocycles. The molecule has 158 valence electrons. The Hall–Kier alpha value is -0.970. The van der Waals surface area contributed by atoms with Crippen molar-refractivity contribution in [2.45, 2.75) is 77.6 Å². The largest absolute Gasteiger partial charge is 0.466 e. The molecule has 0 saturated heterocycles. The van der Waals surface area contributed by atoms with Crippen LogP contribution in [0.4, 0.5) is 0 Å². The average Bonchev–Trinajstić information content (AvgIpc) is 2.65. The molecule has 0 bridgehead atoms. The molecule has 0 spiro atoms. The summed E-state index contributed by atoms with van der Waals surface area (Å²) in [7, 11) is 0. The zero-order chi connectivity index (χ0) is 20.8. The molecule has 0 amide bonds. The van der Waals surface area contributed by atoms with Crippen molar-refractivity contribution in [1.82, 2.24) is 0 Å². The Kier molecular flexibility index (Phi) is 13.4. The summed E-state index contributed by atoms with van der Waals surface area (Å²) in [5, 5.41) is 0.798. The van der Waals surface area contributed by atoms with Gasteiger partial charge in [-0.05, 0) is 25.3 Å². The highest BCUT2D eigenvalue weighted by Gasteiger charge is 2.12. The minimum Gasteiger partial charge on any atom is -0.466 e. The van der Waals surface area contributed by atoms with Crippen molar-refractivity contribution >= 4 is 46.7 Å². The maximum atomic E-state index is 11.9. The highest BCUT2D eigenvalue weighted by molar-refractivity contribution is 6.44. The first kappa shape index (κ1) is 25.1. The molecule has 1 aromatic carbocycles. The lowest BCUT2D eigenvalue weighted by atomic mass is 10.1. The van der Waals surface area contributed by atoms with Crippen LogP contribution in [0.25, 0.3) is 0 Å². The van der Waals surface area contributed by atoms with Crippen molar-refractivity contribution in [3.8, 4) is 5.75 Å². The van der Waals surface area contributed by atoms with Crippen LogP contribution in [0.1, 0.15) is 77.6 Å². The Morgan fingerprint density at radius 2 is 1.43 bits per heavy atom. The second-order valence-electron chi connectivity index (χ2n) is 6.72. The van der Waals surface area contributed by atoms with Crippen molar-refractivity contribution in [3.05, 3.63) is 27.2 Å². The van der Waals surface area contributed by atoms with E-state index < -0.39 is 0 Å². The van der Waals surface area contributed by atoms with E-state index in [0.717, 1.165) is 57.8 Å². The lowest BCUT2D eigenvalue weighted by molar-refractivity contribution is -0.144. The van der Waals surface area contributed by atoms with Gasteiger partial charge in [-0.2, -0.15) is 0 Å². The number of carbonyl (C=O) groups excluding carboxylic acids is 2. The average molecular weight is 452 g/mol. The van der Waals surface area contributed by atoms with Gasteiger partial charge in [-0.3, -0.25) is 9.59 Å². The van der Waals surface area contributed by atoms with Crippen LogP contribution in [0, 0.1) is 0 Å². The summed E-state index contributed by atoms with van der Waals surface area (Å²) in [6, 6.07) is 2.97. The number of halogens is 3. The molecule has 0 unspecified atom stereocenters. The molecule has 0 radical (unpaired) electrons. The number of benzene rings is 1. The van der Waals surface area contributed by atoms with E-state index in [-0.39, 0.29) is 27.7 Å². The summed E-state index contributed by atoms with van der Waals surface area (Å²) < 4.78 is 10.4. The van der Waals surface area contributed by atoms with E-state index in [4.69, 9.17) is 44.3 Å². The van der Waals surface area contributed by atoms with Gasteiger partial charge in [0, 0.05) is 23.9 Å². The lowest BCUT2D eigenvalue weighted by Crippen LogP contribution is -2.08. The Morgan fingerprint density at radius 3 is 2.07 bits per heavy atom. The smallest absolute Gasteiger partial charge is 0.311 e. The Bertz CT molecular complexity index is 620. The highest BCUT2D eigenvalue weighted by Crippen LogP contribution is 2.35. The summed E-state index contributed by atoms with van der Waals surface area (Å²) >= 11 is 17.8. The molecule has 7 heteroatoms. The third kappa shape index (κ3) is 11.1. The second-order valence-corrected chi connectivity index (χ2v) is 7.94. The first-order valence-electron chi connectivity index (χ1n) is 9.95. The van der Waals surface area contributed by atoms with Gasteiger partial charge in [0.1, 0.15) is 5.02 Å². The molecule has 0 saturated carbocycles. The molecule has 0 aromatic heterocycles. The summed E-state index contributed by atoms with van der Waals surface area (Å²) in [5.41, 5.74) is 0. The van der Waals surface area contributed by atoms with Crippen LogP contribution in [0.15, 0.2) is 12.1 Å². The standard InChI is InChI=1S/C21H29Cl3O4/c1-2-3-10-13-27-19(25)11-8-6-4-5-7-9-12-20(26)28-18-15-16(22)14-17(23)21(18)24/h14-15H,2-13H2,1H3. The summed E-state index contributed by atoms with van der Waals surface area (Å²) in [6.45, 7) is 2.66. The first-order valence-corrected chi connectivity index (χ1v) is 11.1. The van der Waals surface area contributed by atoms with E-state index in [9.17, 15) is 9.59 Å². The number of esters is 2. The Morgan fingerprint density at radius 1 is 0.821 bits per heavy atom. The monoisotopic (exact) mass is 450 g/mol. The van der Waals surface area contributed by atoms with Crippen molar-refractivity contribution in [2.75, 3.05) is 6.61 Å². The van der Waals surface area contributed by atoms with E-state index in [0.29, 0.717) is 24.5 Å². The van der Waals surface area contributed by atoms with Crippen LogP contribution >= 0.6 is 34.8 Å². The van der Waals surface area contributed by atoms with Crippen LogP contribution in [0.5, 0.6) is 5.75 Å². The number of hydrogen-bond donors (Lipinski definition) is 0. The Balaban J connectivity index is 2.04. The van der Waals surface area contributed by atoms with E-state index >= 15 is 0 Å². The molecule has 0 atom stereocenters. The topological polar surface area (TPSA) is 52.6 Å². The third-order valence-corrected chi connectivity index (χ3v) is 5.21. The molecule has 4 nitrogen and oxygen atoms in total. The molecular weight excluding hydrogens is 423 g/mol. The fourth-order valence-corrected chi connectivity index (χ4v) is 3.26. The molecule has 0 N–H and O–H groups in total. The maximum absolute atomic E-state index is 11.9. The summed E-state index contributed by atoms with van der Waals surface area (Å²) in [4.78, 5) is 23.4. The van der Waals surface area contributed by atoms with Gasteiger partial charge in [-0.25, -0.2) is 0 Å². The molecule has 0 aliphatic carbocycles. The quantitative estimate of drug-likeness (QED) is 0.128. The number of hydrogen-bond acceptors (Lipinski definition) is 4. The minimum absolute atomic E-state index is 0.0985. The van der Waals surface area contributed by atoms with Gasteiger partial charge in [0.05, 0.1) is 11.6 Å². The van der Waals surface area contributed by atoms with Crippen molar-refractivity contribution in [2.24, 2.45) is 0 Å². The van der Waals surface area contributed by atoms with Crippen LogP contribution in [-0.2, 0) is 14.3 Å². The number of ether oxygens (including phenoxy) is 2. The number of unbranched alkanes of at least 4 members (excludes halogenated alkanes) is 7. The third-order valence-electron chi connectivity index (χ3n) is 4.21. The van der Waals surface area contributed by atoms with Gasteiger partial charge in [0.2, 0.25) is 0 Å². The summed E-state index contributed by atoms with van der Waals surface area (Å²) in [5.74, 6) is -0.268. The summed E-state index contributed by atoms with van der Waals surface area (Å²) in [6.07, 6.45) is 9.53. The minimum atomic E-state index is -0.356. The van der Waals surface area contributed by atoms with Gasteiger partial charge in [0.15, 0.2) is 5.75 Å². The molecule has 0 aliphatic heterocycles. The van der Waals surface area contributed by atoms with E-state index in [1.165, 1.54) is 12.1 Å². The molecule has 28 heavy (non-hydrogen) atoms. The zero-order valence-electron chi connectivity index (χ0n) is 16.4. The van der Waals surface area contributed by atoms with Crippen LogP contribution in [0.2, 0.25) is 15.1 Å². The van der Waals surface area contributed by atoms with Gasteiger partial charge < -0.3 is 9.47 Å². The van der Waals surface area contributed by atoms with Gasteiger partial charge in [0.25, 0.3) is 0 Å². The molecule has 1 aromatic rings. The SMILES string of the molecule is CCCCCOC(=O)CCCCCCCCC(=O)Oc1cc(Cl)cc(Cl)c1Cl. The highest BCUT2D eigenvalue weighted by atomic mass is 35.5. The zero-order valence-corrected chi connectivity index (χ0v) is 18.7. The molecule has 0 fully saturated rings. The fourth-order valence-electron chi connectivity index (χ4n) is 2.64. The Labute approximate surface area is 182 Å². The molecule has 0 aliphatic rings. The fraction of sp³-hybridized carbons (Fsp3) is 0.619. The lowest BCUT2D eigenvalue weighted by Gasteiger charge is -2.08. The number of rotatable bonds is 14. The molecular formula is C21H29Cl3O4. The van der Waals surface area contributed by atoms with E-state index in [1.807, 2.05) is 0 Å². The van der Waals surface area contributed by atoms with Gasteiger partial charge in [-0.1, -0.05) is 80.3 Å². The second kappa shape index (κ2) is 14.9. The number of carbonyl (C=O) groups is 2.